The van der Waals surface area contributed by atoms with E-state index >= 15 is 0 Å². The summed E-state index contributed by atoms with van der Waals surface area (Å²) in [5.74, 6) is -0.389. The highest BCUT2D eigenvalue weighted by Gasteiger charge is 2.23. The fourth-order valence-corrected chi connectivity index (χ4v) is 3.15. The summed E-state index contributed by atoms with van der Waals surface area (Å²) in [6.07, 6.45) is 1.84. The van der Waals surface area contributed by atoms with Gasteiger partial charge in [-0.1, -0.05) is 12.1 Å². The third kappa shape index (κ3) is 3.47. The molecule has 1 aromatic carbocycles. The molecule has 1 aromatic heterocycles. The normalized spacial score (nSPS) is 19.5. The summed E-state index contributed by atoms with van der Waals surface area (Å²) < 4.78 is 5.78. The molecule has 21 heavy (non-hydrogen) atoms. The molecule has 2 aromatic rings. The summed E-state index contributed by atoms with van der Waals surface area (Å²) in [7, 11) is 0. The van der Waals surface area contributed by atoms with Crippen LogP contribution in [0.5, 0.6) is 0 Å². The predicted molar refractivity (Wildman–Crippen MR) is 81.0 cm³/mol. The Hall–Kier alpha value is -1.76. The van der Waals surface area contributed by atoms with Crippen LogP contribution in [0.4, 0.5) is 0 Å². The van der Waals surface area contributed by atoms with Crippen LogP contribution in [0, 0.1) is 0 Å². The van der Waals surface area contributed by atoms with Crippen molar-refractivity contribution < 1.29 is 9.53 Å². The largest absolute Gasteiger partial charge is 0.368 e. The summed E-state index contributed by atoms with van der Waals surface area (Å²) in [5, 5.41) is 2.99. The molecule has 0 radical (unpaired) electrons. The third-order valence-electron chi connectivity index (χ3n) is 3.50. The van der Waals surface area contributed by atoms with Crippen LogP contribution in [0.3, 0.4) is 0 Å². The molecule has 0 unspecified atom stereocenters. The molecular formula is C15H17N3O2S. The van der Waals surface area contributed by atoms with Crippen LogP contribution in [0.2, 0.25) is 0 Å². The average molecular weight is 303 g/mol. The minimum atomic E-state index is -0.389. The fourth-order valence-electron chi connectivity index (χ4n) is 2.47. The molecule has 1 atom stereocenters. The third-order valence-corrected chi connectivity index (χ3v) is 4.36. The van der Waals surface area contributed by atoms with Crippen LogP contribution in [-0.4, -0.2) is 35.5 Å². The summed E-state index contributed by atoms with van der Waals surface area (Å²) in [6, 6.07) is 7.48. The highest BCUT2D eigenvalue weighted by molar-refractivity contribution is 7.09. The minimum absolute atomic E-state index is 0.0399. The van der Waals surface area contributed by atoms with Crippen LogP contribution in [0.1, 0.15) is 27.0 Å². The zero-order chi connectivity index (χ0) is 14.7. The second kappa shape index (κ2) is 6.34. The standard InChI is InChI=1S/C15H17N3O2S/c16-14(19)12-3-1-2-11(8-12)9-18-5-6-20-13(10-18)15-17-4-7-21-15/h1-4,7-8,13H,5-6,9-10H2,(H2,16,19)/t13-/m1/s1. The number of primary amides is 1. The van der Waals surface area contributed by atoms with Gasteiger partial charge in [0.05, 0.1) is 6.61 Å². The van der Waals surface area contributed by atoms with E-state index in [-0.39, 0.29) is 12.0 Å². The van der Waals surface area contributed by atoms with Gasteiger partial charge in [-0.2, -0.15) is 0 Å². The maximum Gasteiger partial charge on any atom is 0.248 e. The molecule has 0 saturated carbocycles. The lowest BCUT2D eigenvalue weighted by Gasteiger charge is -2.32. The molecule has 3 rings (SSSR count). The van der Waals surface area contributed by atoms with Crippen molar-refractivity contribution in [2.75, 3.05) is 19.7 Å². The molecule has 0 aliphatic carbocycles. The van der Waals surface area contributed by atoms with E-state index in [0.29, 0.717) is 12.2 Å². The number of carbonyl (C=O) groups is 1. The van der Waals surface area contributed by atoms with E-state index < -0.39 is 0 Å². The van der Waals surface area contributed by atoms with Crippen molar-refractivity contribution in [3.05, 3.63) is 52.0 Å². The summed E-state index contributed by atoms with van der Waals surface area (Å²) >= 11 is 1.62. The van der Waals surface area contributed by atoms with Gasteiger partial charge < -0.3 is 10.5 Å². The lowest BCUT2D eigenvalue weighted by molar-refractivity contribution is -0.0330. The quantitative estimate of drug-likeness (QED) is 0.935. The van der Waals surface area contributed by atoms with Gasteiger partial charge in [-0.15, -0.1) is 11.3 Å². The van der Waals surface area contributed by atoms with Crippen molar-refractivity contribution >= 4 is 17.2 Å². The molecule has 1 amide bonds. The van der Waals surface area contributed by atoms with Gasteiger partial charge in [0.25, 0.3) is 0 Å². The molecule has 2 heterocycles. The molecule has 6 heteroatoms. The zero-order valence-electron chi connectivity index (χ0n) is 11.6. The van der Waals surface area contributed by atoms with Gasteiger partial charge in [-0.05, 0) is 17.7 Å². The first-order chi connectivity index (χ1) is 10.2. The number of amides is 1. The Morgan fingerprint density at radius 3 is 3.19 bits per heavy atom. The number of hydrogen-bond donors (Lipinski definition) is 1. The minimum Gasteiger partial charge on any atom is -0.368 e. The summed E-state index contributed by atoms with van der Waals surface area (Å²) in [6.45, 7) is 3.17. The fraction of sp³-hybridized carbons (Fsp3) is 0.333. The molecule has 1 aliphatic heterocycles. The van der Waals surface area contributed by atoms with E-state index in [4.69, 9.17) is 10.5 Å². The van der Waals surface area contributed by atoms with Crippen LogP contribution < -0.4 is 5.73 Å². The van der Waals surface area contributed by atoms with E-state index in [2.05, 4.69) is 9.88 Å². The van der Waals surface area contributed by atoms with Gasteiger partial charge in [0, 0.05) is 36.8 Å². The molecule has 110 valence electrons. The lowest BCUT2D eigenvalue weighted by atomic mass is 10.1. The number of aromatic nitrogens is 1. The summed E-state index contributed by atoms with van der Waals surface area (Å²) in [4.78, 5) is 17.9. The molecule has 1 fully saturated rings. The first-order valence-corrected chi connectivity index (χ1v) is 7.72. The molecule has 5 nitrogen and oxygen atoms in total. The van der Waals surface area contributed by atoms with E-state index in [0.717, 1.165) is 30.2 Å². The molecule has 1 saturated heterocycles. The van der Waals surface area contributed by atoms with Crippen LogP contribution in [0.25, 0.3) is 0 Å². The zero-order valence-corrected chi connectivity index (χ0v) is 12.4. The first kappa shape index (κ1) is 14.2. The van der Waals surface area contributed by atoms with Crippen molar-refractivity contribution in [1.82, 2.24) is 9.88 Å². The van der Waals surface area contributed by atoms with Crippen molar-refractivity contribution in [2.45, 2.75) is 12.6 Å². The lowest BCUT2D eigenvalue weighted by Crippen LogP contribution is -2.37. The van der Waals surface area contributed by atoms with Crippen molar-refractivity contribution in [1.29, 1.82) is 0 Å². The van der Waals surface area contributed by atoms with Crippen LogP contribution in [-0.2, 0) is 11.3 Å². The topological polar surface area (TPSA) is 68.5 Å². The Kier molecular flexibility index (Phi) is 4.28. The second-order valence-electron chi connectivity index (χ2n) is 5.03. The molecule has 1 aliphatic rings. The summed E-state index contributed by atoms with van der Waals surface area (Å²) in [5.41, 5.74) is 6.96. The van der Waals surface area contributed by atoms with Gasteiger partial charge in [0.2, 0.25) is 5.91 Å². The number of carbonyl (C=O) groups excluding carboxylic acids is 1. The average Bonchev–Trinajstić information content (AvgIpc) is 3.02. The monoisotopic (exact) mass is 303 g/mol. The maximum absolute atomic E-state index is 11.2. The SMILES string of the molecule is NC(=O)c1cccc(CN2CCO[C@@H](c3nccs3)C2)c1. The van der Waals surface area contributed by atoms with E-state index in [1.807, 2.05) is 23.6 Å². The smallest absolute Gasteiger partial charge is 0.248 e. The van der Waals surface area contributed by atoms with Gasteiger partial charge in [0.1, 0.15) is 11.1 Å². The van der Waals surface area contributed by atoms with E-state index in [1.165, 1.54) is 0 Å². The first-order valence-electron chi connectivity index (χ1n) is 6.84. The number of nitrogens with two attached hydrogens (primary N) is 1. The predicted octanol–water partition coefficient (Wildman–Crippen LogP) is 1.82. The van der Waals surface area contributed by atoms with Gasteiger partial charge in [-0.3, -0.25) is 9.69 Å². The van der Waals surface area contributed by atoms with E-state index in [1.54, 1.807) is 23.6 Å². The molecular weight excluding hydrogens is 286 g/mol. The highest BCUT2D eigenvalue weighted by Crippen LogP contribution is 2.24. The Bertz CT molecular complexity index is 615. The van der Waals surface area contributed by atoms with Crippen molar-refractivity contribution in [2.24, 2.45) is 5.73 Å². The van der Waals surface area contributed by atoms with Crippen LogP contribution >= 0.6 is 11.3 Å². The molecule has 0 bridgehead atoms. The molecule has 0 spiro atoms. The van der Waals surface area contributed by atoms with Gasteiger partial charge in [-0.25, -0.2) is 4.98 Å². The van der Waals surface area contributed by atoms with Crippen molar-refractivity contribution in [3.63, 3.8) is 0 Å². The van der Waals surface area contributed by atoms with E-state index in [9.17, 15) is 4.79 Å². The number of ether oxygens (including phenoxy) is 1. The number of morpholine rings is 1. The Labute approximate surface area is 127 Å². The number of rotatable bonds is 4. The number of hydrogen-bond acceptors (Lipinski definition) is 5. The molecule has 2 N–H and O–H groups in total. The Balaban J connectivity index is 1.67. The Morgan fingerprint density at radius 1 is 1.52 bits per heavy atom. The number of nitrogens with zero attached hydrogens (tertiary/aromatic N) is 2. The highest BCUT2D eigenvalue weighted by atomic mass is 32.1. The Morgan fingerprint density at radius 2 is 2.43 bits per heavy atom. The van der Waals surface area contributed by atoms with Crippen molar-refractivity contribution in [3.8, 4) is 0 Å². The number of benzene rings is 1. The maximum atomic E-state index is 11.2. The number of thiazole rings is 1. The van der Waals surface area contributed by atoms with Gasteiger partial charge in [0.15, 0.2) is 0 Å². The van der Waals surface area contributed by atoms with Crippen LogP contribution in [0.15, 0.2) is 35.8 Å². The second-order valence-corrected chi connectivity index (χ2v) is 5.96. The van der Waals surface area contributed by atoms with Gasteiger partial charge >= 0.3 is 0 Å².